The molecular weight excluding hydrogens is 278 g/mol. The molecule has 1 aliphatic carbocycles. The van der Waals surface area contributed by atoms with Crippen LogP contribution in [0.15, 0.2) is 66.3 Å². The molecule has 0 fully saturated rings. The molecule has 1 aliphatic rings. The van der Waals surface area contributed by atoms with Crippen molar-refractivity contribution in [2.24, 2.45) is 0 Å². The predicted octanol–water partition coefficient (Wildman–Crippen LogP) is 5.98. The van der Waals surface area contributed by atoms with Crippen LogP contribution < -0.4 is 5.32 Å². The summed E-state index contributed by atoms with van der Waals surface area (Å²) in [5, 5.41) is 3.54. The van der Waals surface area contributed by atoms with Gasteiger partial charge in [-0.3, -0.25) is 0 Å². The van der Waals surface area contributed by atoms with E-state index in [2.05, 4.69) is 79.8 Å². The summed E-state index contributed by atoms with van der Waals surface area (Å²) in [5.41, 5.74) is 8.10. The minimum absolute atomic E-state index is 0.864. The molecule has 0 saturated heterocycles. The van der Waals surface area contributed by atoms with Crippen molar-refractivity contribution in [3.63, 3.8) is 0 Å². The molecular formula is C22H25N. The van der Waals surface area contributed by atoms with Gasteiger partial charge in [0.25, 0.3) is 0 Å². The van der Waals surface area contributed by atoms with Crippen LogP contribution in [-0.2, 0) is 13.0 Å². The van der Waals surface area contributed by atoms with Crippen LogP contribution in [0.25, 0.3) is 5.57 Å². The summed E-state index contributed by atoms with van der Waals surface area (Å²) < 4.78 is 0. The smallest absolute Gasteiger partial charge is 0.0401 e. The van der Waals surface area contributed by atoms with Crippen molar-refractivity contribution in [3.8, 4) is 0 Å². The summed E-state index contributed by atoms with van der Waals surface area (Å²) in [6.07, 6.45) is 8.01. The van der Waals surface area contributed by atoms with E-state index in [9.17, 15) is 0 Å². The first kappa shape index (κ1) is 15.6. The molecule has 0 amide bonds. The minimum Gasteiger partial charge on any atom is -0.381 e. The van der Waals surface area contributed by atoms with E-state index in [1.54, 1.807) is 0 Å². The van der Waals surface area contributed by atoms with Gasteiger partial charge in [0, 0.05) is 12.2 Å². The Hall–Kier alpha value is -2.28. The van der Waals surface area contributed by atoms with E-state index in [1.165, 1.54) is 33.5 Å². The Labute approximate surface area is 139 Å². The lowest BCUT2D eigenvalue weighted by Gasteiger charge is -2.14. The van der Waals surface area contributed by atoms with E-state index >= 15 is 0 Å². The fourth-order valence-electron chi connectivity index (χ4n) is 3.08. The van der Waals surface area contributed by atoms with Crippen molar-refractivity contribution in [3.05, 3.63) is 82.9 Å². The van der Waals surface area contributed by atoms with Crippen LogP contribution in [0.1, 0.15) is 43.4 Å². The van der Waals surface area contributed by atoms with Crippen LogP contribution in [0.2, 0.25) is 0 Å². The fraction of sp³-hybridized carbons (Fsp3) is 0.273. The van der Waals surface area contributed by atoms with Crippen LogP contribution in [-0.4, -0.2) is 0 Å². The molecule has 0 heterocycles. The molecule has 0 atom stereocenters. The second-order valence-electron chi connectivity index (χ2n) is 6.26. The monoisotopic (exact) mass is 303 g/mol. The molecule has 118 valence electrons. The molecule has 1 nitrogen and oxygen atoms in total. The maximum Gasteiger partial charge on any atom is 0.0401 e. The lowest BCUT2D eigenvalue weighted by molar-refractivity contribution is 1.03. The van der Waals surface area contributed by atoms with Gasteiger partial charge >= 0.3 is 0 Å². The number of hydrogen-bond acceptors (Lipinski definition) is 1. The number of rotatable bonds is 5. The third kappa shape index (κ3) is 4.13. The maximum absolute atomic E-state index is 3.54. The van der Waals surface area contributed by atoms with E-state index in [0.717, 1.165) is 25.8 Å². The van der Waals surface area contributed by atoms with Gasteiger partial charge in [0.15, 0.2) is 0 Å². The summed E-state index contributed by atoms with van der Waals surface area (Å²) in [7, 11) is 0. The van der Waals surface area contributed by atoms with Gasteiger partial charge in [-0.1, -0.05) is 55.0 Å². The predicted molar refractivity (Wildman–Crippen MR) is 101 cm³/mol. The molecule has 1 heteroatoms. The Morgan fingerprint density at radius 3 is 2.65 bits per heavy atom. The summed E-state index contributed by atoms with van der Waals surface area (Å²) in [4.78, 5) is 0. The van der Waals surface area contributed by atoms with Gasteiger partial charge < -0.3 is 5.32 Å². The highest BCUT2D eigenvalue weighted by Crippen LogP contribution is 2.27. The topological polar surface area (TPSA) is 12.0 Å². The summed E-state index contributed by atoms with van der Waals surface area (Å²) >= 11 is 0. The zero-order chi connectivity index (χ0) is 16.1. The van der Waals surface area contributed by atoms with E-state index < -0.39 is 0 Å². The largest absolute Gasteiger partial charge is 0.381 e. The molecule has 0 radical (unpaired) electrons. The maximum atomic E-state index is 3.54. The van der Waals surface area contributed by atoms with Crippen molar-refractivity contribution in [1.29, 1.82) is 0 Å². The van der Waals surface area contributed by atoms with E-state index in [-0.39, 0.29) is 0 Å². The average molecular weight is 303 g/mol. The SMILES string of the molecule is CCc1cccc(NCc2cccc(C3=CC(C)=CCC3)c2)c1. The van der Waals surface area contributed by atoms with Gasteiger partial charge in [-0.15, -0.1) is 0 Å². The lowest BCUT2D eigenvalue weighted by atomic mass is 9.93. The lowest BCUT2D eigenvalue weighted by Crippen LogP contribution is -2.01. The minimum atomic E-state index is 0.864. The fourth-order valence-corrected chi connectivity index (χ4v) is 3.08. The van der Waals surface area contributed by atoms with Gasteiger partial charge in [0.2, 0.25) is 0 Å². The zero-order valence-corrected chi connectivity index (χ0v) is 14.1. The Morgan fingerprint density at radius 1 is 1.00 bits per heavy atom. The normalized spacial score (nSPS) is 14.2. The first-order chi connectivity index (χ1) is 11.2. The second kappa shape index (κ2) is 7.32. The summed E-state index contributed by atoms with van der Waals surface area (Å²) in [5.74, 6) is 0. The standard InChI is InChI=1S/C22H25N/c1-3-18-8-6-12-22(15-18)23-16-19-9-5-11-21(14-19)20-10-4-7-17(2)13-20/h5-9,11-15,23H,3-4,10,16H2,1-2H3. The van der Waals surface area contributed by atoms with E-state index in [1.807, 2.05) is 0 Å². The molecule has 23 heavy (non-hydrogen) atoms. The number of aryl methyl sites for hydroxylation is 1. The summed E-state index contributed by atoms with van der Waals surface area (Å²) in [6, 6.07) is 17.6. The number of allylic oxidation sites excluding steroid dienone is 4. The Kier molecular flexibility index (Phi) is 4.97. The van der Waals surface area contributed by atoms with E-state index in [0.29, 0.717) is 0 Å². The van der Waals surface area contributed by atoms with Crippen molar-refractivity contribution >= 4 is 11.3 Å². The number of nitrogens with one attached hydrogen (secondary N) is 1. The van der Waals surface area contributed by atoms with Crippen LogP contribution in [0, 0.1) is 0 Å². The van der Waals surface area contributed by atoms with Crippen LogP contribution in [0.5, 0.6) is 0 Å². The Morgan fingerprint density at radius 2 is 1.83 bits per heavy atom. The van der Waals surface area contributed by atoms with Gasteiger partial charge in [0.1, 0.15) is 0 Å². The van der Waals surface area contributed by atoms with Crippen molar-refractivity contribution in [2.45, 2.75) is 39.7 Å². The zero-order valence-electron chi connectivity index (χ0n) is 14.1. The molecule has 0 bridgehead atoms. The highest BCUT2D eigenvalue weighted by atomic mass is 14.9. The molecule has 0 spiro atoms. The van der Waals surface area contributed by atoms with Crippen molar-refractivity contribution < 1.29 is 0 Å². The van der Waals surface area contributed by atoms with Crippen LogP contribution in [0.3, 0.4) is 0 Å². The second-order valence-corrected chi connectivity index (χ2v) is 6.26. The van der Waals surface area contributed by atoms with E-state index in [4.69, 9.17) is 0 Å². The van der Waals surface area contributed by atoms with Crippen molar-refractivity contribution in [1.82, 2.24) is 0 Å². The number of benzene rings is 2. The highest BCUT2D eigenvalue weighted by Gasteiger charge is 2.06. The first-order valence-electron chi connectivity index (χ1n) is 8.54. The summed E-state index contributed by atoms with van der Waals surface area (Å²) in [6.45, 7) is 5.24. The molecule has 1 N–H and O–H groups in total. The number of anilines is 1. The van der Waals surface area contributed by atoms with Gasteiger partial charge in [-0.05, 0) is 66.6 Å². The Bertz CT molecular complexity index is 737. The molecule has 0 aromatic heterocycles. The third-order valence-corrected chi connectivity index (χ3v) is 4.41. The quantitative estimate of drug-likeness (QED) is 0.716. The van der Waals surface area contributed by atoms with Crippen LogP contribution in [0.4, 0.5) is 5.69 Å². The number of hydrogen-bond donors (Lipinski definition) is 1. The molecule has 0 unspecified atom stereocenters. The van der Waals surface area contributed by atoms with Gasteiger partial charge in [-0.2, -0.15) is 0 Å². The first-order valence-corrected chi connectivity index (χ1v) is 8.54. The van der Waals surface area contributed by atoms with Crippen LogP contribution >= 0.6 is 0 Å². The van der Waals surface area contributed by atoms with Gasteiger partial charge in [0.05, 0.1) is 0 Å². The Balaban J connectivity index is 1.71. The third-order valence-electron chi connectivity index (χ3n) is 4.41. The van der Waals surface area contributed by atoms with Gasteiger partial charge in [-0.25, -0.2) is 0 Å². The molecule has 3 rings (SSSR count). The van der Waals surface area contributed by atoms with Crippen molar-refractivity contribution in [2.75, 3.05) is 5.32 Å². The molecule has 2 aromatic carbocycles. The molecule has 0 saturated carbocycles. The molecule has 2 aromatic rings. The average Bonchev–Trinajstić information content (AvgIpc) is 2.60. The highest BCUT2D eigenvalue weighted by molar-refractivity contribution is 5.70. The molecule has 0 aliphatic heterocycles.